The summed E-state index contributed by atoms with van der Waals surface area (Å²) in [6.07, 6.45) is 1.43. The van der Waals surface area contributed by atoms with Crippen molar-refractivity contribution in [1.82, 2.24) is 5.32 Å². The van der Waals surface area contributed by atoms with E-state index in [1.807, 2.05) is 25.1 Å². The largest absolute Gasteiger partial charge is 0.507 e. The monoisotopic (exact) mass is 374 g/mol. The van der Waals surface area contributed by atoms with Gasteiger partial charge in [-0.3, -0.25) is 9.10 Å². The highest BCUT2D eigenvalue weighted by molar-refractivity contribution is 7.92. The van der Waals surface area contributed by atoms with E-state index in [0.29, 0.717) is 18.7 Å². The van der Waals surface area contributed by atoms with Crippen molar-refractivity contribution in [2.24, 2.45) is 0 Å². The third-order valence-corrected chi connectivity index (χ3v) is 6.31. The van der Waals surface area contributed by atoms with Gasteiger partial charge in [-0.25, -0.2) is 8.42 Å². The number of hydrogen-bond donors (Lipinski definition) is 2. The van der Waals surface area contributed by atoms with Gasteiger partial charge in [0.2, 0.25) is 10.0 Å². The Morgan fingerprint density at radius 3 is 2.77 bits per heavy atom. The lowest BCUT2D eigenvalue weighted by atomic mass is 10.1. The standard InChI is InChI=1S/C19H22N2O4S/c1-2-14-7-8-18(22)16(13-14)19(23)20-10-12-26(24,25)21-11-9-15-5-3-4-6-17(15)21/h3-8,13,22H,2,9-12H2,1H3,(H,20,23). The van der Waals surface area contributed by atoms with Gasteiger partial charge in [0.1, 0.15) is 5.75 Å². The third kappa shape index (κ3) is 3.67. The maximum Gasteiger partial charge on any atom is 0.255 e. The van der Waals surface area contributed by atoms with E-state index in [4.69, 9.17) is 0 Å². The van der Waals surface area contributed by atoms with E-state index in [1.165, 1.54) is 10.4 Å². The molecule has 3 rings (SSSR count). The Bertz CT molecular complexity index is 925. The van der Waals surface area contributed by atoms with E-state index < -0.39 is 15.9 Å². The van der Waals surface area contributed by atoms with Crippen LogP contribution in [0.1, 0.15) is 28.4 Å². The Balaban J connectivity index is 1.64. The molecule has 1 amide bonds. The molecule has 26 heavy (non-hydrogen) atoms. The second-order valence-corrected chi connectivity index (χ2v) is 8.24. The topological polar surface area (TPSA) is 86.7 Å². The fourth-order valence-electron chi connectivity index (χ4n) is 3.08. The Kier molecular flexibility index (Phi) is 5.18. The minimum atomic E-state index is -3.52. The van der Waals surface area contributed by atoms with E-state index in [9.17, 15) is 18.3 Å². The summed E-state index contributed by atoms with van der Waals surface area (Å²) >= 11 is 0. The molecule has 2 aromatic carbocycles. The first-order valence-electron chi connectivity index (χ1n) is 8.61. The summed E-state index contributed by atoms with van der Waals surface area (Å²) in [5.41, 5.74) is 2.82. The van der Waals surface area contributed by atoms with Gasteiger partial charge in [0, 0.05) is 13.1 Å². The Morgan fingerprint density at radius 2 is 2.00 bits per heavy atom. The average Bonchev–Trinajstić information content (AvgIpc) is 3.07. The maximum atomic E-state index is 12.6. The lowest BCUT2D eigenvalue weighted by molar-refractivity contribution is 0.0953. The highest BCUT2D eigenvalue weighted by Gasteiger charge is 2.28. The predicted octanol–water partition coefficient (Wildman–Crippen LogP) is 2.08. The van der Waals surface area contributed by atoms with Crippen LogP contribution >= 0.6 is 0 Å². The minimum Gasteiger partial charge on any atom is -0.507 e. The molecule has 6 nitrogen and oxygen atoms in total. The first kappa shape index (κ1) is 18.3. The fourth-order valence-corrected chi connectivity index (χ4v) is 4.51. The summed E-state index contributed by atoms with van der Waals surface area (Å²) in [5, 5.41) is 12.4. The summed E-state index contributed by atoms with van der Waals surface area (Å²) in [6.45, 7) is 2.36. The quantitative estimate of drug-likeness (QED) is 0.810. The molecule has 1 heterocycles. The molecule has 0 unspecified atom stereocenters. The lowest BCUT2D eigenvalue weighted by Crippen LogP contribution is -2.37. The second kappa shape index (κ2) is 7.37. The molecule has 0 fully saturated rings. The number of rotatable bonds is 6. The Hall–Kier alpha value is -2.54. The van der Waals surface area contributed by atoms with Gasteiger partial charge < -0.3 is 10.4 Å². The number of sulfonamides is 1. The number of nitrogens with one attached hydrogen (secondary N) is 1. The van der Waals surface area contributed by atoms with Crippen molar-refractivity contribution in [3.63, 3.8) is 0 Å². The van der Waals surface area contributed by atoms with Crippen LogP contribution < -0.4 is 9.62 Å². The van der Waals surface area contributed by atoms with Crippen LogP contribution in [0.15, 0.2) is 42.5 Å². The highest BCUT2D eigenvalue weighted by atomic mass is 32.2. The molecule has 0 radical (unpaired) electrons. The minimum absolute atomic E-state index is 0.0182. The summed E-state index contributed by atoms with van der Waals surface area (Å²) in [4.78, 5) is 12.3. The number of phenols is 1. The van der Waals surface area contributed by atoms with Gasteiger partial charge in [0.25, 0.3) is 5.91 Å². The van der Waals surface area contributed by atoms with Crippen LogP contribution in [0.3, 0.4) is 0 Å². The van der Waals surface area contributed by atoms with E-state index in [-0.39, 0.29) is 23.6 Å². The van der Waals surface area contributed by atoms with Crippen molar-refractivity contribution in [2.45, 2.75) is 19.8 Å². The Morgan fingerprint density at radius 1 is 1.23 bits per heavy atom. The number of aryl methyl sites for hydroxylation is 1. The molecule has 7 heteroatoms. The van der Waals surface area contributed by atoms with Crippen LogP contribution in [0.2, 0.25) is 0 Å². The number of amides is 1. The molecule has 0 saturated carbocycles. The molecular weight excluding hydrogens is 352 g/mol. The van der Waals surface area contributed by atoms with Crippen molar-refractivity contribution in [3.8, 4) is 5.75 Å². The fraction of sp³-hybridized carbons (Fsp3) is 0.316. The molecule has 0 atom stereocenters. The van der Waals surface area contributed by atoms with Crippen molar-refractivity contribution in [1.29, 1.82) is 0 Å². The summed E-state index contributed by atoms with van der Waals surface area (Å²) < 4.78 is 26.6. The predicted molar refractivity (Wildman–Crippen MR) is 101 cm³/mol. The van der Waals surface area contributed by atoms with Gasteiger partial charge in [-0.1, -0.05) is 31.2 Å². The first-order chi connectivity index (χ1) is 12.4. The number of carbonyl (C=O) groups is 1. The van der Waals surface area contributed by atoms with Crippen LogP contribution in [0.25, 0.3) is 0 Å². The normalized spacial score (nSPS) is 13.5. The van der Waals surface area contributed by atoms with Gasteiger partial charge >= 0.3 is 0 Å². The first-order valence-corrected chi connectivity index (χ1v) is 10.2. The highest BCUT2D eigenvalue weighted by Crippen LogP contribution is 2.29. The number of hydrogen-bond acceptors (Lipinski definition) is 4. The molecule has 0 aliphatic carbocycles. The zero-order valence-electron chi connectivity index (χ0n) is 14.6. The zero-order valence-corrected chi connectivity index (χ0v) is 15.4. The van der Waals surface area contributed by atoms with Crippen molar-refractivity contribution in [3.05, 3.63) is 59.2 Å². The van der Waals surface area contributed by atoms with Crippen LogP contribution in [0.4, 0.5) is 5.69 Å². The number of fused-ring (bicyclic) bond motifs is 1. The summed E-state index contributed by atoms with van der Waals surface area (Å²) in [6, 6.07) is 12.3. The lowest BCUT2D eigenvalue weighted by Gasteiger charge is -2.19. The molecule has 1 aliphatic heterocycles. The third-order valence-electron chi connectivity index (χ3n) is 4.54. The molecule has 2 aromatic rings. The van der Waals surface area contributed by atoms with Gasteiger partial charge in [-0.2, -0.15) is 0 Å². The van der Waals surface area contributed by atoms with E-state index in [0.717, 1.165) is 17.5 Å². The van der Waals surface area contributed by atoms with Crippen LogP contribution in [-0.2, 0) is 22.9 Å². The average molecular weight is 374 g/mol. The van der Waals surface area contributed by atoms with Crippen molar-refractivity contribution >= 4 is 21.6 Å². The van der Waals surface area contributed by atoms with E-state index >= 15 is 0 Å². The van der Waals surface area contributed by atoms with E-state index in [2.05, 4.69) is 5.32 Å². The van der Waals surface area contributed by atoms with Crippen LogP contribution in [-0.4, -0.2) is 38.3 Å². The van der Waals surface area contributed by atoms with Crippen LogP contribution in [0.5, 0.6) is 5.75 Å². The number of phenolic OH excluding ortho intramolecular Hbond substituents is 1. The zero-order chi connectivity index (χ0) is 18.7. The maximum absolute atomic E-state index is 12.6. The number of benzene rings is 2. The second-order valence-electron chi connectivity index (χ2n) is 6.23. The number of anilines is 1. The molecule has 2 N–H and O–H groups in total. The van der Waals surface area contributed by atoms with Gasteiger partial charge in [-0.15, -0.1) is 0 Å². The number of aromatic hydroxyl groups is 1. The molecule has 0 bridgehead atoms. The van der Waals surface area contributed by atoms with Crippen molar-refractivity contribution < 1.29 is 18.3 Å². The molecule has 0 aromatic heterocycles. The Labute approximate surface area is 153 Å². The molecule has 1 aliphatic rings. The number of carbonyl (C=O) groups excluding carboxylic acids is 1. The SMILES string of the molecule is CCc1ccc(O)c(C(=O)NCCS(=O)(=O)N2CCc3ccccc32)c1. The summed E-state index contributed by atoms with van der Waals surface area (Å²) in [7, 11) is -3.52. The van der Waals surface area contributed by atoms with Crippen molar-refractivity contribution in [2.75, 3.05) is 23.1 Å². The molecular formula is C19H22N2O4S. The van der Waals surface area contributed by atoms with Crippen LogP contribution in [0, 0.1) is 0 Å². The van der Waals surface area contributed by atoms with Gasteiger partial charge in [-0.05, 0) is 42.2 Å². The number of nitrogens with zero attached hydrogens (tertiary/aromatic N) is 1. The molecule has 138 valence electrons. The van der Waals surface area contributed by atoms with Gasteiger partial charge in [0.15, 0.2) is 0 Å². The smallest absolute Gasteiger partial charge is 0.255 e. The number of para-hydroxylation sites is 1. The molecule has 0 spiro atoms. The summed E-state index contributed by atoms with van der Waals surface area (Å²) in [5.74, 6) is -0.785. The van der Waals surface area contributed by atoms with Gasteiger partial charge in [0.05, 0.1) is 17.0 Å². The molecule has 0 saturated heterocycles. The van der Waals surface area contributed by atoms with E-state index in [1.54, 1.807) is 18.2 Å².